The monoisotopic (exact) mass is 196 g/mol. The quantitative estimate of drug-likeness (QED) is 0.703. The summed E-state index contributed by atoms with van der Waals surface area (Å²) < 4.78 is 18.8. The molecule has 0 heterocycles. The molecule has 0 amide bonds. The minimum Gasteiger partial charge on any atom is -0.494 e. The second-order valence-corrected chi connectivity index (χ2v) is 4.32. The van der Waals surface area contributed by atoms with E-state index in [1.54, 1.807) is 6.07 Å². The first kappa shape index (κ1) is 11.0. The predicted molar refractivity (Wildman–Crippen MR) is 56.3 cm³/mol. The van der Waals surface area contributed by atoms with E-state index in [-0.39, 0.29) is 11.2 Å². The highest BCUT2D eigenvalue weighted by Gasteiger charge is 2.18. The summed E-state index contributed by atoms with van der Waals surface area (Å²) in [6.45, 7) is 8.42. The van der Waals surface area contributed by atoms with Crippen LogP contribution in [0, 0.1) is 5.82 Å². The summed E-state index contributed by atoms with van der Waals surface area (Å²) in [5.74, 6) is 0.404. The molecule has 1 aromatic rings. The van der Waals surface area contributed by atoms with Crippen LogP contribution in [0.3, 0.4) is 0 Å². The molecule has 0 N–H and O–H groups in total. The highest BCUT2D eigenvalue weighted by molar-refractivity contribution is 5.32. The van der Waals surface area contributed by atoms with E-state index in [2.05, 4.69) is 0 Å². The van der Waals surface area contributed by atoms with Crippen LogP contribution in [0.5, 0.6) is 5.75 Å². The summed E-state index contributed by atoms with van der Waals surface area (Å²) in [5, 5.41) is 0. The Balaban J connectivity index is 3.02. The molecule has 0 aliphatic carbocycles. The fourth-order valence-electron chi connectivity index (χ4n) is 1.36. The van der Waals surface area contributed by atoms with Gasteiger partial charge in [-0.15, -0.1) is 0 Å². The Labute approximate surface area is 84.9 Å². The Kier molecular flexibility index (Phi) is 3.14. The number of hydrogen-bond acceptors (Lipinski definition) is 1. The average Bonchev–Trinajstić information content (AvgIpc) is 2.02. The zero-order valence-corrected chi connectivity index (χ0v) is 9.23. The van der Waals surface area contributed by atoms with Crippen molar-refractivity contribution in [2.45, 2.75) is 33.1 Å². The van der Waals surface area contributed by atoms with Gasteiger partial charge in [0.25, 0.3) is 0 Å². The summed E-state index contributed by atoms with van der Waals surface area (Å²) in [4.78, 5) is 0. The first-order valence-electron chi connectivity index (χ1n) is 4.88. The van der Waals surface area contributed by atoms with Crippen LogP contribution >= 0.6 is 0 Å². The van der Waals surface area contributed by atoms with Crippen LogP contribution in [0.1, 0.15) is 33.3 Å². The standard InChI is InChI=1S/C12H17FO/c1-5-14-9-6-7-10(11(13)8-9)12(2,3)4/h6-8H,5H2,1-4H3. The van der Waals surface area contributed by atoms with Crippen molar-refractivity contribution < 1.29 is 9.13 Å². The van der Waals surface area contributed by atoms with E-state index in [4.69, 9.17) is 4.74 Å². The lowest BCUT2D eigenvalue weighted by atomic mass is 9.87. The maximum Gasteiger partial charge on any atom is 0.130 e. The maximum atomic E-state index is 13.6. The van der Waals surface area contributed by atoms with Gasteiger partial charge in [-0.25, -0.2) is 4.39 Å². The fourth-order valence-corrected chi connectivity index (χ4v) is 1.36. The first-order valence-corrected chi connectivity index (χ1v) is 4.88. The van der Waals surface area contributed by atoms with E-state index in [9.17, 15) is 4.39 Å². The third-order valence-electron chi connectivity index (χ3n) is 2.06. The fraction of sp³-hybridized carbons (Fsp3) is 0.500. The Morgan fingerprint density at radius 3 is 2.36 bits per heavy atom. The molecule has 0 radical (unpaired) electrons. The van der Waals surface area contributed by atoms with Crippen LogP contribution in [0.15, 0.2) is 18.2 Å². The van der Waals surface area contributed by atoms with E-state index in [1.807, 2.05) is 33.8 Å². The molecule has 0 saturated carbocycles. The van der Waals surface area contributed by atoms with Gasteiger partial charge >= 0.3 is 0 Å². The molecule has 14 heavy (non-hydrogen) atoms. The van der Waals surface area contributed by atoms with Crippen LogP contribution < -0.4 is 4.74 Å². The Morgan fingerprint density at radius 2 is 1.93 bits per heavy atom. The molecule has 2 heteroatoms. The molecule has 0 aliphatic heterocycles. The molecule has 0 bridgehead atoms. The predicted octanol–water partition coefficient (Wildman–Crippen LogP) is 3.52. The molecule has 78 valence electrons. The van der Waals surface area contributed by atoms with Gasteiger partial charge in [0.05, 0.1) is 6.61 Å². The van der Waals surface area contributed by atoms with Gasteiger partial charge in [0.1, 0.15) is 11.6 Å². The van der Waals surface area contributed by atoms with Gasteiger partial charge < -0.3 is 4.74 Å². The molecule has 0 unspecified atom stereocenters. The van der Waals surface area contributed by atoms with Crippen molar-refractivity contribution in [1.82, 2.24) is 0 Å². The molecule has 0 atom stereocenters. The van der Waals surface area contributed by atoms with Gasteiger partial charge in [-0.3, -0.25) is 0 Å². The largest absolute Gasteiger partial charge is 0.494 e. The van der Waals surface area contributed by atoms with Crippen LogP contribution in [-0.4, -0.2) is 6.61 Å². The van der Waals surface area contributed by atoms with Crippen molar-refractivity contribution in [3.63, 3.8) is 0 Å². The van der Waals surface area contributed by atoms with E-state index in [1.165, 1.54) is 6.07 Å². The normalized spacial score (nSPS) is 11.5. The summed E-state index contributed by atoms with van der Waals surface area (Å²) in [6.07, 6.45) is 0. The third-order valence-corrected chi connectivity index (χ3v) is 2.06. The smallest absolute Gasteiger partial charge is 0.130 e. The lowest BCUT2D eigenvalue weighted by molar-refractivity contribution is 0.337. The summed E-state index contributed by atoms with van der Waals surface area (Å²) in [7, 11) is 0. The van der Waals surface area contributed by atoms with Crippen molar-refractivity contribution in [1.29, 1.82) is 0 Å². The van der Waals surface area contributed by atoms with Crippen molar-refractivity contribution in [2.24, 2.45) is 0 Å². The van der Waals surface area contributed by atoms with Crippen molar-refractivity contribution >= 4 is 0 Å². The minimum absolute atomic E-state index is 0.158. The van der Waals surface area contributed by atoms with Gasteiger partial charge in [0, 0.05) is 6.07 Å². The van der Waals surface area contributed by atoms with Gasteiger partial charge in [0.2, 0.25) is 0 Å². The summed E-state index contributed by atoms with van der Waals surface area (Å²) in [6, 6.07) is 5.05. The number of ether oxygens (including phenoxy) is 1. The van der Waals surface area contributed by atoms with Crippen molar-refractivity contribution in [3.8, 4) is 5.75 Å². The van der Waals surface area contributed by atoms with Crippen LogP contribution in [0.2, 0.25) is 0 Å². The SMILES string of the molecule is CCOc1ccc(C(C)(C)C)c(F)c1. The van der Waals surface area contributed by atoms with E-state index in [0.717, 1.165) is 5.56 Å². The maximum absolute atomic E-state index is 13.6. The summed E-state index contributed by atoms with van der Waals surface area (Å²) >= 11 is 0. The molecule has 0 saturated heterocycles. The van der Waals surface area contributed by atoms with Crippen molar-refractivity contribution in [3.05, 3.63) is 29.6 Å². The average molecular weight is 196 g/mol. The minimum atomic E-state index is -0.191. The lowest BCUT2D eigenvalue weighted by Gasteiger charge is -2.20. The number of benzene rings is 1. The second kappa shape index (κ2) is 3.99. The van der Waals surface area contributed by atoms with Gasteiger partial charge in [-0.2, -0.15) is 0 Å². The Morgan fingerprint density at radius 1 is 1.29 bits per heavy atom. The zero-order valence-electron chi connectivity index (χ0n) is 9.23. The zero-order chi connectivity index (χ0) is 10.8. The molecule has 0 aromatic heterocycles. The Bertz CT molecular complexity index is 313. The van der Waals surface area contributed by atoms with Gasteiger partial charge in [0.15, 0.2) is 0 Å². The molecule has 1 aromatic carbocycles. The molecule has 1 rings (SSSR count). The molecule has 0 aliphatic rings. The van der Waals surface area contributed by atoms with E-state index in [0.29, 0.717) is 12.4 Å². The third kappa shape index (κ3) is 2.47. The first-order chi connectivity index (χ1) is 6.45. The van der Waals surface area contributed by atoms with Crippen LogP contribution in [0.4, 0.5) is 4.39 Å². The van der Waals surface area contributed by atoms with E-state index < -0.39 is 0 Å². The number of rotatable bonds is 2. The van der Waals surface area contributed by atoms with Gasteiger partial charge in [-0.05, 0) is 24.0 Å². The number of hydrogen-bond donors (Lipinski definition) is 0. The second-order valence-electron chi connectivity index (χ2n) is 4.32. The van der Waals surface area contributed by atoms with Gasteiger partial charge in [-0.1, -0.05) is 26.8 Å². The lowest BCUT2D eigenvalue weighted by Crippen LogP contribution is -2.13. The number of halogens is 1. The molecular weight excluding hydrogens is 179 g/mol. The summed E-state index contributed by atoms with van der Waals surface area (Å²) in [5.41, 5.74) is 0.565. The van der Waals surface area contributed by atoms with Crippen LogP contribution in [-0.2, 0) is 5.41 Å². The van der Waals surface area contributed by atoms with E-state index >= 15 is 0 Å². The van der Waals surface area contributed by atoms with Crippen LogP contribution in [0.25, 0.3) is 0 Å². The highest BCUT2D eigenvalue weighted by atomic mass is 19.1. The topological polar surface area (TPSA) is 9.23 Å². The molecule has 1 nitrogen and oxygen atoms in total. The Hall–Kier alpha value is -1.05. The molecule has 0 fully saturated rings. The molecular formula is C12H17FO. The highest BCUT2D eigenvalue weighted by Crippen LogP contribution is 2.27. The molecule has 0 spiro atoms. The van der Waals surface area contributed by atoms with Crippen molar-refractivity contribution in [2.75, 3.05) is 6.61 Å².